The molecule has 3 aromatic rings. The van der Waals surface area contributed by atoms with Crippen molar-refractivity contribution in [3.63, 3.8) is 0 Å². The molecule has 0 aliphatic rings. The van der Waals surface area contributed by atoms with E-state index in [9.17, 15) is 4.79 Å². The number of benzene rings is 1. The minimum Gasteiger partial charge on any atom is -0.335 e. The van der Waals surface area contributed by atoms with Crippen LogP contribution in [-0.2, 0) is 0 Å². The number of aryl methyl sites for hydroxylation is 2. The van der Waals surface area contributed by atoms with Crippen LogP contribution in [0.5, 0.6) is 0 Å². The number of nitrogens with one attached hydrogen (secondary N) is 1. The van der Waals surface area contributed by atoms with Crippen molar-refractivity contribution in [2.45, 2.75) is 26.8 Å². The van der Waals surface area contributed by atoms with Gasteiger partial charge in [0.05, 0.1) is 11.7 Å². The quantitative estimate of drug-likeness (QED) is 0.781. The predicted molar refractivity (Wildman–Crippen MR) is 96.1 cm³/mol. The second-order valence-electron chi connectivity index (χ2n) is 5.86. The topological polar surface area (TPSA) is 61.9 Å². The van der Waals surface area contributed by atoms with Crippen molar-refractivity contribution in [2.75, 3.05) is 7.05 Å². The van der Waals surface area contributed by atoms with Crippen molar-refractivity contribution in [3.05, 3.63) is 58.4 Å². The van der Waals surface area contributed by atoms with Crippen molar-refractivity contribution in [1.29, 1.82) is 0 Å². The van der Waals surface area contributed by atoms with Gasteiger partial charge in [-0.15, -0.1) is 11.3 Å². The predicted octanol–water partition coefficient (Wildman–Crippen LogP) is 3.98. The molecule has 1 amide bonds. The second-order valence-corrected chi connectivity index (χ2v) is 6.75. The van der Waals surface area contributed by atoms with E-state index in [-0.39, 0.29) is 11.9 Å². The van der Waals surface area contributed by atoms with Gasteiger partial charge in [0.1, 0.15) is 5.01 Å². The number of nitrogens with zero attached hydrogens (tertiary/aromatic N) is 3. The third-order valence-corrected chi connectivity index (χ3v) is 5.12. The zero-order valence-corrected chi connectivity index (χ0v) is 15.0. The van der Waals surface area contributed by atoms with E-state index >= 15 is 0 Å². The summed E-state index contributed by atoms with van der Waals surface area (Å²) < 4.78 is 0. The van der Waals surface area contributed by atoms with Crippen LogP contribution in [0.2, 0.25) is 0 Å². The standard InChI is InChI=1S/C18H20N4OS/c1-11-16(12(2)21-20-11)13(3)22(4)18(23)15-7-5-6-14(10-15)17-19-8-9-24-17/h5-10,13H,1-4H3,(H,20,21)/t13-/m1/s1. The van der Waals surface area contributed by atoms with E-state index in [4.69, 9.17) is 0 Å². The van der Waals surface area contributed by atoms with Crippen molar-refractivity contribution in [3.8, 4) is 10.6 Å². The van der Waals surface area contributed by atoms with Gasteiger partial charge in [-0.3, -0.25) is 9.89 Å². The Kier molecular flexibility index (Phi) is 4.49. The maximum absolute atomic E-state index is 12.9. The van der Waals surface area contributed by atoms with Gasteiger partial charge in [0.2, 0.25) is 0 Å². The Hall–Kier alpha value is -2.47. The van der Waals surface area contributed by atoms with Crippen LogP contribution >= 0.6 is 11.3 Å². The number of carbonyl (C=O) groups is 1. The van der Waals surface area contributed by atoms with Crippen LogP contribution in [0, 0.1) is 13.8 Å². The number of hydrogen-bond acceptors (Lipinski definition) is 4. The van der Waals surface area contributed by atoms with Gasteiger partial charge in [-0.05, 0) is 32.9 Å². The highest BCUT2D eigenvalue weighted by Crippen LogP contribution is 2.27. The largest absolute Gasteiger partial charge is 0.335 e. The first-order chi connectivity index (χ1) is 11.5. The third kappa shape index (κ3) is 2.97. The van der Waals surface area contributed by atoms with Gasteiger partial charge in [-0.1, -0.05) is 12.1 Å². The molecule has 0 saturated heterocycles. The summed E-state index contributed by atoms with van der Waals surface area (Å²) in [6.45, 7) is 5.96. The zero-order chi connectivity index (χ0) is 17.3. The van der Waals surface area contributed by atoms with Gasteiger partial charge >= 0.3 is 0 Å². The fraction of sp³-hybridized carbons (Fsp3) is 0.278. The van der Waals surface area contributed by atoms with Crippen molar-refractivity contribution in [1.82, 2.24) is 20.1 Å². The number of amides is 1. The summed E-state index contributed by atoms with van der Waals surface area (Å²) in [6.07, 6.45) is 1.77. The number of thiazole rings is 1. The summed E-state index contributed by atoms with van der Waals surface area (Å²) in [4.78, 5) is 19.0. The summed E-state index contributed by atoms with van der Waals surface area (Å²) >= 11 is 1.56. The number of carbonyl (C=O) groups excluding carboxylic acids is 1. The maximum atomic E-state index is 12.9. The van der Waals surface area contributed by atoms with E-state index in [1.807, 2.05) is 57.5 Å². The Labute approximate surface area is 145 Å². The van der Waals surface area contributed by atoms with Crippen LogP contribution in [-0.4, -0.2) is 33.0 Å². The van der Waals surface area contributed by atoms with E-state index in [1.165, 1.54) is 0 Å². The van der Waals surface area contributed by atoms with Crippen molar-refractivity contribution in [2.24, 2.45) is 0 Å². The molecular weight excluding hydrogens is 320 g/mol. The molecule has 24 heavy (non-hydrogen) atoms. The van der Waals surface area contributed by atoms with Gasteiger partial charge in [0.15, 0.2) is 0 Å². The Balaban J connectivity index is 1.87. The zero-order valence-electron chi connectivity index (χ0n) is 14.2. The maximum Gasteiger partial charge on any atom is 0.254 e. The third-order valence-electron chi connectivity index (χ3n) is 4.29. The molecule has 5 nitrogen and oxygen atoms in total. The monoisotopic (exact) mass is 340 g/mol. The minimum atomic E-state index is -0.0558. The van der Waals surface area contributed by atoms with Crippen molar-refractivity contribution < 1.29 is 4.79 Å². The van der Waals surface area contributed by atoms with E-state index in [0.717, 1.165) is 27.5 Å². The molecule has 0 aliphatic carbocycles. The molecule has 124 valence electrons. The molecule has 2 heterocycles. The smallest absolute Gasteiger partial charge is 0.254 e. The lowest BCUT2D eigenvalue weighted by Crippen LogP contribution is -2.30. The van der Waals surface area contributed by atoms with Gasteiger partial charge in [0.25, 0.3) is 5.91 Å². The van der Waals surface area contributed by atoms with Crippen LogP contribution in [0.3, 0.4) is 0 Å². The average molecular weight is 340 g/mol. The fourth-order valence-electron chi connectivity index (χ4n) is 2.90. The molecule has 0 saturated carbocycles. The molecule has 0 unspecified atom stereocenters. The molecular formula is C18H20N4OS. The lowest BCUT2D eigenvalue weighted by molar-refractivity contribution is 0.0742. The first-order valence-corrected chi connectivity index (χ1v) is 8.65. The Morgan fingerprint density at radius 3 is 2.75 bits per heavy atom. The minimum absolute atomic E-state index is 0.0130. The Bertz CT molecular complexity index is 834. The molecule has 3 rings (SSSR count). The van der Waals surface area contributed by atoms with Gasteiger partial charge < -0.3 is 4.90 Å². The summed E-state index contributed by atoms with van der Waals surface area (Å²) in [6, 6.07) is 7.57. The second kappa shape index (κ2) is 6.57. The van der Waals surface area contributed by atoms with Crippen LogP contribution in [0.1, 0.15) is 40.3 Å². The molecule has 0 radical (unpaired) electrons. The average Bonchev–Trinajstić information content (AvgIpc) is 3.23. The van der Waals surface area contributed by atoms with E-state index < -0.39 is 0 Å². The first-order valence-electron chi connectivity index (χ1n) is 7.77. The normalized spacial score (nSPS) is 12.2. The highest BCUT2D eigenvalue weighted by Gasteiger charge is 2.23. The number of aromatic amines is 1. The molecule has 2 aromatic heterocycles. The fourth-order valence-corrected chi connectivity index (χ4v) is 3.53. The SMILES string of the molecule is Cc1n[nH]c(C)c1[C@@H](C)N(C)C(=O)c1cccc(-c2nccs2)c1. The highest BCUT2D eigenvalue weighted by molar-refractivity contribution is 7.13. The summed E-state index contributed by atoms with van der Waals surface area (Å²) in [5, 5.41) is 10.1. The Morgan fingerprint density at radius 2 is 2.12 bits per heavy atom. The van der Waals surface area contributed by atoms with E-state index in [0.29, 0.717) is 5.56 Å². The lowest BCUT2D eigenvalue weighted by atomic mass is 10.0. The van der Waals surface area contributed by atoms with E-state index in [1.54, 1.807) is 22.4 Å². The van der Waals surface area contributed by atoms with E-state index in [2.05, 4.69) is 15.2 Å². The number of rotatable bonds is 4. The lowest BCUT2D eigenvalue weighted by Gasteiger charge is -2.25. The Morgan fingerprint density at radius 1 is 1.33 bits per heavy atom. The van der Waals surface area contributed by atoms with Crippen LogP contribution < -0.4 is 0 Å². The molecule has 0 fully saturated rings. The molecule has 1 N–H and O–H groups in total. The molecule has 0 spiro atoms. The molecule has 1 aromatic carbocycles. The van der Waals surface area contributed by atoms with Crippen LogP contribution in [0.4, 0.5) is 0 Å². The first kappa shape index (κ1) is 16.4. The summed E-state index contributed by atoms with van der Waals surface area (Å²) in [7, 11) is 1.83. The summed E-state index contributed by atoms with van der Waals surface area (Å²) in [5.41, 5.74) is 4.62. The summed E-state index contributed by atoms with van der Waals surface area (Å²) in [5.74, 6) is -0.0130. The number of hydrogen-bond donors (Lipinski definition) is 1. The van der Waals surface area contributed by atoms with Gasteiger partial charge in [-0.25, -0.2) is 4.98 Å². The van der Waals surface area contributed by atoms with Gasteiger partial charge in [0, 0.05) is 41.0 Å². The van der Waals surface area contributed by atoms with Gasteiger partial charge in [-0.2, -0.15) is 5.10 Å². The molecule has 0 aliphatic heterocycles. The molecule has 0 bridgehead atoms. The van der Waals surface area contributed by atoms with Crippen LogP contribution in [0.25, 0.3) is 10.6 Å². The number of H-pyrrole nitrogens is 1. The molecule has 1 atom stereocenters. The molecule has 6 heteroatoms. The van der Waals surface area contributed by atoms with Crippen molar-refractivity contribution >= 4 is 17.2 Å². The highest BCUT2D eigenvalue weighted by atomic mass is 32.1. The van der Waals surface area contributed by atoms with Crippen LogP contribution in [0.15, 0.2) is 35.8 Å². The number of aromatic nitrogens is 3.